The van der Waals surface area contributed by atoms with Gasteiger partial charge in [0.05, 0.1) is 11.3 Å². The van der Waals surface area contributed by atoms with Gasteiger partial charge in [-0.25, -0.2) is 5.43 Å². The van der Waals surface area contributed by atoms with E-state index in [0.717, 1.165) is 5.56 Å². The van der Waals surface area contributed by atoms with Crippen LogP contribution in [0, 0.1) is 0 Å². The second-order valence-electron chi connectivity index (χ2n) is 5.52. The number of amides is 2. The molecule has 2 aromatic heterocycles. The van der Waals surface area contributed by atoms with E-state index in [-0.39, 0.29) is 11.7 Å². The molecular weight excluding hydrogens is 412 g/mol. The fourth-order valence-electron chi connectivity index (χ4n) is 2.19. The number of carbonyl (C=O) groups excluding carboxylic acids is 2. The van der Waals surface area contributed by atoms with Gasteiger partial charge in [-0.1, -0.05) is 12.1 Å². The SMILES string of the molecule is C/C(=N\NC(=O)c1ccc(Br)o1)c1ccc(NC(=O)c2cccnc2)cc1. The monoisotopic (exact) mass is 426 g/mol. The Bertz CT molecular complexity index is 982. The number of benzene rings is 1. The second kappa shape index (κ2) is 8.41. The molecule has 0 radical (unpaired) electrons. The maximum atomic E-state index is 12.1. The molecule has 0 saturated heterocycles. The van der Waals surface area contributed by atoms with E-state index in [9.17, 15) is 9.59 Å². The molecule has 8 heteroatoms. The summed E-state index contributed by atoms with van der Waals surface area (Å²) >= 11 is 3.14. The molecule has 27 heavy (non-hydrogen) atoms. The fraction of sp³-hybridized carbons (Fsp3) is 0.0526. The van der Waals surface area contributed by atoms with Gasteiger partial charge in [0.2, 0.25) is 0 Å². The first-order valence-electron chi connectivity index (χ1n) is 7.95. The number of nitrogens with one attached hydrogen (secondary N) is 2. The largest absolute Gasteiger partial charge is 0.444 e. The third-order valence-corrected chi connectivity index (χ3v) is 4.03. The quantitative estimate of drug-likeness (QED) is 0.478. The van der Waals surface area contributed by atoms with Gasteiger partial charge in [0.25, 0.3) is 5.91 Å². The van der Waals surface area contributed by atoms with Crippen LogP contribution >= 0.6 is 15.9 Å². The molecule has 2 heterocycles. The summed E-state index contributed by atoms with van der Waals surface area (Å²) in [7, 11) is 0. The minimum absolute atomic E-state index is 0.159. The van der Waals surface area contributed by atoms with Gasteiger partial charge in [-0.15, -0.1) is 0 Å². The summed E-state index contributed by atoms with van der Waals surface area (Å²) in [5.41, 5.74) is 4.97. The third-order valence-electron chi connectivity index (χ3n) is 3.61. The molecule has 2 amide bonds. The van der Waals surface area contributed by atoms with Crippen molar-refractivity contribution in [3.05, 3.63) is 82.5 Å². The number of hydrazone groups is 1. The molecule has 3 rings (SSSR count). The van der Waals surface area contributed by atoms with Crippen molar-refractivity contribution < 1.29 is 14.0 Å². The zero-order valence-corrected chi connectivity index (χ0v) is 15.9. The van der Waals surface area contributed by atoms with E-state index < -0.39 is 5.91 Å². The fourth-order valence-corrected chi connectivity index (χ4v) is 2.49. The van der Waals surface area contributed by atoms with Crippen molar-refractivity contribution in [1.29, 1.82) is 0 Å². The standard InChI is InChI=1S/C19H15BrN4O3/c1-12(23-24-19(26)16-8-9-17(20)27-16)13-4-6-15(7-5-13)22-18(25)14-3-2-10-21-11-14/h2-11H,1H3,(H,22,25)(H,24,26)/b23-12+. The molecule has 1 aromatic carbocycles. The van der Waals surface area contributed by atoms with E-state index in [4.69, 9.17) is 4.42 Å². The summed E-state index contributed by atoms with van der Waals surface area (Å²) < 4.78 is 5.63. The van der Waals surface area contributed by atoms with Crippen molar-refractivity contribution in [3.8, 4) is 0 Å². The molecule has 3 aromatic rings. The van der Waals surface area contributed by atoms with Crippen LogP contribution in [-0.4, -0.2) is 22.5 Å². The first kappa shape index (κ1) is 18.5. The van der Waals surface area contributed by atoms with Crippen molar-refractivity contribution >= 4 is 39.1 Å². The highest BCUT2D eigenvalue weighted by molar-refractivity contribution is 9.10. The molecule has 0 aliphatic rings. The maximum Gasteiger partial charge on any atom is 0.307 e. The van der Waals surface area contributed by atoms with Crippen LogP contribution in [0.15, 0.2) is 75.1 Å². The Hall–Kier alpha value is -3.26. The zero-order valence-electron chi connectivity index (χ0n) is 14.3. The van der Waals surface area contributed by atoms with Crippen LogP contribution in [0.3, 0.4) is 0 Å². The van der Waals surface area contributed by atoms with E-state index in [1.165, 1.54) is 6.20 Å². The predicted molar refractivity (Wildman–Crippen MR) is 105 cm³/mol. The average molecular weight is 427 g/mol. The second-order valence-corrected chi connectivity index (χ2v) is 6.30. The number of halogens is 1. The summed E-state index contributed by atoms with van der Waals surface area (Å²) in [6.07, 6.45) is 3.11. The highest BCUT2D eigenvalue weighted by Crippen LogP contribution is 2.14. The van der Waals surface area contributed by atoms with Crippen molar-refractivity contribution in [1.82, 2.24) is 10.4 Å². The predicted octanol–water partition coefficient (Wildman–Crippen LogP) is 3.84. The van der Waals surface area contributed by atoms with Crippen LogP contribution in [0.2, 0.25) is 0 Å². The Morgan fingerprint density at radius 2 is 1.81 bits per heavy atom. The van der Waals surface area contributed by atoms with Gasteiger partial charge >= 0.3 is 5.91 Å². The topological polar surface area (TPSA) is 96.6 Å². The number of anilines is 1. The number of hydrogen-bond donors (Lipinski definition) is 2. The Labute approximate surface area is 163 Å². The molecule has 0 spiro atoms. The summed E-state index contributed by atoms with van der Waals surface area (Å²) in [5.74, 6) is -0.523. The number of pyridine rings is 1. The van der Waals surface area contributed by atoms with Crippen molar-refractivity contribution in [3.63, 3.8) is 0 Å². The third kappa shape index (κ3) is 4.89. The van der Waals surface area contributed by atoms with E-state index in [1.807, 2.05) is 0 Å². The molecule has 0 saturated carbocycles. The van der Waals surface area contributed by atoms with Crippen LogP contribution in [0.5, 0.6) is 0 Å². The van der Waals surface area contributed by atoms with Gasteiger partial charge in [0, 0.05) is 18.1 Å². The number of aromatic nitrogens is 1. The molecule has 2 N–H and O–H groups in total. The van der Waals surface area contributed by atoms with Gasteiger partial charge in [-0.2, -0.15) is 5.10 Å². The lowest BCUT2D eigenvalue weighted by Gasteiger charge is -2.06. The van der Waals surface area contributed by atoms with Gasteiger partial charge in [0.1, 0.15) is 0 Å². The van der Waals surface area contributed by atoms with Gasteiger partial charge in [-0.05, 0) is 64.8 Å². The van der Waals surface area contributed by atoms with E-state index >= 15 is 0 Å². The number of nitrogens with zero attached hydrogens (tertiary/aromatic N) is 2. The lowest BCUT2D eigenvalue weighted by Crippen LogP contribution is -2.18. The number of carbonyl (C=O) groups is 2. The Morgan fingerprint density at radius 3 is 2.44 bits per heavy atom. The van der Waals surface area contributed by atoms with Crippen LogP contribution in [0.4, 0.5) is 5.69 Å². The van der Waals surface area contributed by atoms with E-state index in [2.05, 4.69) is 36.8 Å². The van der Waals surface area contributed by atoms with E-state index in [1.54, 1.807) is 61.7 Å². The van der Waals surface area contributed by atoms with Crippen molar-refractivity contribution in [2.24, 2.45) is 5.10 Å². The van der Waals surface area contributed by atoms with Gasteiger partial charge in [-0.3, -0.25) is 14.6 Å². The van der Waals surface area contributed by atoms with Crippen LogP contribution in [0.1, 0.15) is 33.4 Å². The maximum absolute atomic E-state index is 12.1. The van der Waals surface area contributed by atoms with Gasteiger partial charge in [0.15, 0.2) is 10.4 Å². The normalized spacial score (nSPS) is 11.1. The molecular formula is C19H15BrN4O3. The van der Waals surface area contributed by atoms with Crippen LogP contribution in [-0.2, 0) is 0 Å². The van der Waals surface area contributed by atoms with Gasteiger partial charge < -0.3 is 9.73 Å². The van der Waals surface area contributed by atoms with E-state index in [0.29, 0.717) is 21.6 Å². The molecule has 0 atom stereocenters. The first-order chi connectivity index (χ1) is 13.0. The smallest absolute Gasteiger partial charge is 0.307 e. The molecule has 0 fully saturated rings. The molecule has 0 aliphatic carbocycles. The van der Waals surface area contributed by atoms with Crippen LogP contribution < -0.4 is 10.7 Å². The summed E-state index contributed by atoms with van der Waals surface area (Å²) in [6.45, 7) is 1.77. The Balaban J connectivity index is 1.62. The highest BCUT2D eigenvalue weighted by Gasteiger charge is 2.10. The minimum atomic E-state index is -0.444. The lowest BCUT2D eigenvalue weighted by atomic mass is 10.1. The molecule has 0 unspecified atom stereocenters. The summed E-state index contributed by atoms with van der Waals surface area (Å²) in [6, 6.07) is 13.7. The zero-order chi connectivity index (χ0) is 19.2. The lowest BCUT2D eigenvalue weighted by molar-refractivity contribution is 0.0925. The Kier molecular flexibility index (Phi) is 5.77. The molecule has 7 nitrogen and oxygen atoms in total. The first-order valence-corrected chi connectivity index (χ1v) is 8.74. The van der Waals surface area contributed by atoms with Crippen LogP contribution in [0.25, 0.3) is 0 Å². The summed E-state index contributed by atoms with van der Waals surface area (Å²) in [4.78, 5) is 28.0. The highest BCUT2D eigenvalue weighted by atomic mass is 79.9. The molecule has 0 aliphatic heterocycles. The molecule has 0 bridgehead atoms. The number of furan rings is 1. The number of hydrogen-bond acceptors (Lipinski definition) is 5. The Morgan fingerprint density at radius 1 is 1.04 bits per heavy atom. The van der Waals surface area contributed by atoms with Crippen molar-refractivity contribution in [2.45, 2.75) is 6.92 Å². The minimum Gasteiger partial charge on any atom is -0.444 e. The number of rotatable bonds is 5. The molecule has 136 valence electrons. The van der Waals surface area contributed by atoms with Crippen molar-refractivity contribution in [2.75, 3.05) is 5.32 Å². The average Bonchev–Trinajstić information content (AvgIpc) is 3.13. The summed E-state index contributed by atoms with van der Waals surface area (Å²) in [5, 5.41) is 6.86.